The number of carboxylic acids is 1. The number of carbonyl (C=O) groups excluding carboxylic acids is 1. The van der Waals surface area contributed by atoms with Crippen LogP contribution in [0.25, 0.3) is 0 Å². The summed E-state index contributed by atoms with van der Waals surface area (Å²) in [4.78, 5) is 24.3. The summed E-state index contributed by atoms with van der Waals surface area (Å²) in [7, 11) is 0. The van der Waals surface area contributed by atoms with Gasteiger partial charge in [0.25, 0.3) is 0 Å². The number of nitrogens with zero attached hydrogens (tertiary/aromatic N) is 1. The van der Waals surface area contributed by atoms with Crippen molar-refractivity contribution in [3.05, 3.63) is 35.9 Å². The Morgan fingerprint density at radius 2 is 2.05 bits per heavy atom. The zero-order valence-electron chi connectivity index (χ0n) is 10.8. The van der Waals surface area contributed by atoms with Crippen molar-refractivity contribution < 1.29 is 14.7 Å². The van der Waals surface area contributed by atoms with Crippen LogP contribution >= 0.6 is 24.0 Å². The molecule has 1 heterocycles. The van der Waals surface area contributed by atoms with Crippen LogP contribution in [-0.2, 0) is 16.0 Å². The highest BCUT2D eigenvalue weighted by Gasteiger charge is 2.37. The van der Waals surface area contributed by atoms with Gasteiger partial charge >= 0.3 is 5.97 Å². The van der Waals surface area contributed by atoms with Crippen LogP contribution in [-0.4, -0.2) is 38.0 Å². The Morgan fingerprint density at radius 1 is 1.35 bits per heavy atom. The van der Waals surface area contributed by atoms with Gasteiger partial charge in [-0.3, -0.25) is 14.5 Å². The summed E-state index contributed by atoms with van der Waals surface area (Å²) in [6.07, 6.45) is 1.52. The fourth-order valence-corrected chi connectivity index (χ4v) is 3.61. The van der Waals surface area contributed by atoms with Gasteiger partial charge in [-0.1, -0.05) is 54.3 Å². The van der Waals surface area contributed by atoms with E-state index in [-0.39, 0.29) is 12.3 Å². The topological polar surface area (TPSA) is 57.6 Å². The largest absolute Gasteiger partial charge is 0.481 e. The molecule has 1 aromatic carbocycles. The lowest BCUT2D eigenvalue weighted by Gasteiger charge is -2.15. The fourth-order valence-electron chi connectivity index (χ4n) is 2.07. The molecule has 4 nitrogen and oxygen atoms in total. The van der Waals surface area contributed by atoms with Crippen LogP contribution < -0.4 is 0 Å². The van der Waals surface area contributed by atoms with E-state index in [0.717, 1.165) is 12.8 Å². The van der Waals surface area contributed by atoms with Gasteiger partial charge in [-0.15, -0.1) is 0 Å². The number of aliphatic carboxylic acids is 1. The average Bonchev–Trinajstić information content (AvgIpc) is 2.67. The molecule has 20 heavy (non-hydrogen) atoms. The van der Waals surface area contributed by atoms with Crippen LogP contribution in [0.2, 0.25) is 0 Å². The summed E-state index contributed by atoms with van der Waals surface area (Å²) < 4.78 is 0.495. The lowest BCUT2D eigenvalue weighted by molar-refractivity contribution is -0.139. The maximum atomic E-state index is 12.0. The number of carboxylic acid groups (broad SMARTS) is 1. The lowest BCUT2D eigenvalue weighted by Crippen LogP contribution is -2.33. The van der Waals surface area contributed by atoms with E-state index in [4.69, 9.17) is 17.3 Å². The molecule has 6 heteroatoms. The minimum Gasteiger partial charge on any atom is -0.481 e. The molecule has 1 unspecified atom stereocenters. The third-order valence-corrected chi connectivity index (χ3v) is 4.64. The molecule has 0 bridgehead atoms. The number of thiocarbonyl (C=S) groups is 1. The number of aryl methyl sites for hydroxylation is 1. The lowest BCUT2D eigenvalue weighted by atomic mass is 10.1. The Bertz CT molecular complexity index is 518. The van der Waals surface area contributed by atoms with E-state index < -0.39 is 11.2 Å². The van der Waals surface area contributed by atoms with Crippen molar-refractivity contribution in [1.29, 1.82) is 0 Å². The molecule has 1 saturated heterocycles. The average molecular weight is 309 g/mol. The molecule has 1 atom stereocenters. The molecule has 2 rings (SSSR count). The minimum atomic E-state index is -0.968. The molecule has 1 aromatic rings. The molecule has 106 valence electrons. The van der Waals surface area contributed by atoms with Gasteiger partial charge in [-0.2, -0.15) is 0 Å². The molecule has 1 aliphatic rings. The summed E-state index contributed by atoms with van der Waals surface area (Å²) in [5, 5.41) is 8.20. The number of hydrogen-bond acceptors (Lipinski definition) is 4. The number of carbonyl (C=O) groups is 2. The third-order valence-electron chi connectivity index (χ3n) is 3.05. The zero-order valence-corrected chi connectivity index (χ0v) is 12.5. The summed E-state index contributed by atoms with van der Waals surface area (Å²) in [5.41, 5.74) is 1.22. The highest BCUT2D eigenvalue weighted by Crippen LogP contribution is 2.29. The second-order valence-electron chi connectivity index (χ2n) is 4.55. The van der Waals surface area contributed by atoms with Gasteiger partial charge in [0, 0.05) is 6.54 Å². The van der Waals surface area contributed by atoms with E-state index >= 15 is 0 Å². The normalized spacial score (nSPS) is 18.6. The molecule has 0 aliphatic carbocycles. The van der Waals surface area contributed by atoms with Gasteiger partial charge < -0.3 is 5.11 Å². The number of amides is 1. The van der Waals surface area contributed by atoms with E-state index in [2.05, 4.69) is 0 Å². The van der Waals surface area contributed by atoms with Gasteiger partial charge in [-0.05, 0) is 18.4 Å². The van der Waals surface area contributed by atoms with E-state index in [9.17, 15) is 9.59 Å². The van der Waals surface area contributed by atoms with Crippen molar-refractivity contribution in [2.24, 2.45) is 0 Å². The number of benzene rings is 1. The first kappa shape index (κ1) is 15.0. The first-order valence-electron chi connectivity index (χ1n) is 6.35. The van der Waals surface area contributed by atoms with Crippen molar-refractivity contribution >= 4 is 40.2 Å². The predicted octanol–water partition coefficient (Wildman–Crippen LogP) is 2.32. The van der Waals surface area contributed by atoms with E-state index in [1.54, 1.807) is 0 Å². The molecule has 0 spiro atoms. The monoisotopic (exact) mass is 309 g/mol. The molecular weight excluding hydrogens is 294 g/mol. The van der Waals surface area contributed by atoms with E-state index in [1.807, 2.05) is 30.3 Å². The zero-order chi connectivity index (χ0) is 14.5. The summed E-state index contributed by atoms with van der Waals surface area (Å²) >= 11 is 6.34. The van der Waals surface area contributed by atoms with Crippen LogP contribution in [0.3, 0.4) is 0 Å². The fraction of sp³-hybridized carbons (Fsp3) is 0.357. The van der Waals surface area contributed by atoms with Crippen LogP contribution in [0.15, 0.2) is 30.3 Å². The van der Waals surface area contributed by atoms with Crippen molar-refractivity contribution in [2.75, 3.05) is 6.54 Å². The summed E-state index contributed by atoms with van der Waals surface area (Å²) in [6, 6.07) is 10.0. The second kappa shape index (κ2) is 6.85. The molecule has 1 N–H and O–H groups in total. The van der Waals surface area contributed by atoms with E-state index in [1.165, 1.54) is 22.2 Å². The SMILES string of the molecule is O=C(O)CC1SC(=S)N(CCCc2ccccc2)C1=O. The van der Waals surface area contributed by atoms with Crippen molar-refractivity contribution in [3.63, 3.8) is 0 Å². The van der Waals surface area contributed by atoms with Crippen LogP contribution in [0.5, 0.6) is 0 Å². The molecule has 0 saturated carbocycles. The van der Waals surface area contributed by atoms with Gasteiger partial charge in [0.2, 0.25) is 5.91 Å². The molecule has 1 aliphatic heterocycles. The smallest absolute Gasteiger partial charge is 0.305 e. The second-order valence-corrected chi connectivity index (χ2v) is 6.39. The van der Waals surface area contributed by atoms with Gasteiger partial charge in [-0.25, -0.2) is 0 Å². The third kappa shape index (κ3) is 3.80. The maximum Gasteiger partial charge on any atom is 0.305 e. The predicted molar refractivity (Wildman–Crippen MR) is 82.7 cm³/mol. The Hall–Kier alpha value is -1.40. The summed E-state index contributed by atoms with van der Waals surface area (Å²) in [5.74, 6) is -1.14. The Balaban J connectivity index is 1.85. The van der Waals surface area contributed by atoms with Gasteiger partial charge in [0.05, 0.1) is 6.42 Å². The van der Waals surface area contributed by atoms with Crippen molar-refractivity contribution in [2.45, 2.75) is 24.5 Å². The number of rotatable bonds is 6. The van der Waals surface area contributed by atoms with Crippen LogP contribution in [0.4, 0.5) is 0 Å². The highest BCUT2D eigenvalue weighted by atomic mass is 32.2. The maximum absolute atomic E-state index is 12.0. The van der Waals surface area contributed by atoms with Crippen LogP contribution in [0.1, 0.15) is 18.4 Å². The number of hydrogen-bond donors (Lipinski definition) is 1. The molecular formula is C14H15NO3S2. The first-order valence-corrected chi connectivity index (χ1v) is 7.64. The molecule has 0 aromatic heterocycles. The Kier molecular flexibility index (Phi) is 5.14. The quantitative estimate of drug-likeness (QED) is 0.817. The van der Waals surface area contributed by atoms with Crippen molar-refractivity contribution in [1.82, 2.24) is 4.90 Å². The minimum absolute atomic E-state index is 0.168. The first-order chi connectivity index (χ1) is 9.58. The molecule has 1 amide bonds. The van der Waals surface area contributed by atoms with Crippen LogP contribution in [0, 0.1) is 0 Å². The summed E-state index contributed by atoms with van der Waals surface area (Å²) in [6.45, 7) is 0.551. The Morgan fingerprint density at radius 3 is 2.70 bits per heavy atom. The molecule has 1 fully saturated rings. The van der Waals surface area contributed by atoms with Crippen molar-refractivity contribution in [3.8, 4) is 0 Å². The van der Waals surface area contributed by atoms with E-state index in [0.29, 0.717) is 10.9 Å². The van der Waals surface area contributed by atoms with Gasteiger partial charge in [0.15, 0.2) is 0 Å². The Labute approximate surface area is 127 Å². The standard InChI is InChI=1S/C14H15NO3S2/c16-12(17)9-11-13(18)15(14(19)20-11)8-4-7-10-5-2-1-3-6-10/h1-3,5-6,11H,4,7-9H2,(H,16,17). The highest BCUT2D eigenvalue weighted by molar-refractivity contribution is 8.24. The number of thioether (sulfide) groups is 1. The molecule has 0 radical (unpaired) electrons. The van der Waals surface area contributed by atoms with Gasteiger partial charge in [0.1, 0.15) is 9.57 Å².